The molecule has 0 spiro atoms. The molecule has 0 bridgehead atoms. The van der Waals surface area contributed by atoms with Crippen molar-refractivity contribution in [2.45, 2.75) is 0 Å². The van der Waals surface area contributed by atoms with E-state index in [-0.39, 0.29) is 35.3 Å². The molecular formula is C3H4N4NaO2+. The molecule has 48 valence electrons. The van der Waals surface area contributed by atoms with E-state index in [1.54, 1.807) is 0 Å². The van der Waals surface area contributed by atoms with Gasteiger partial charge in [-0.25, -0.2) is 10.3 Å². The summed E-state index contributed by atoms with van der Waals surface area (Å²) in [6, 6.07) is 0. The van der Waals surface area contributed by atoms with Crippen LogP contribution in [0.1, 0.15) is 10.5 Å². The van der Waals surface area contributed by atoms with Gasteiger partial charge in [-0.05, 0) is 0 Å². The van der Waals surface area contributed by atoms with Gasteiger partial charge in [0.15, 0.2) is 0 Å². The fourth-order valence-corrected chi connectivity index (χ4v) is 0.412. The molecule has 1 aromatic rings. The Bertz CT molecular complexity index is 276. The molecule has 1 rings (SSSR count). The third-order valence-electron chi connectivity index (χ3n) is 0.786. The number of rotatable bonds is 1. The van der Waals surface area contributed by atoms with Crippen molar-refractivity contribution in [3.05, 3.63) is 16.0 Å². The van der Waals surface area contributed by atoms with Crippen molar-refractivity contribution in [1.82, 2.24) is 15.4 Å². The zero-order valence-corrected chi connectivity index (χ0v) is 7.34. The van der Waals surface area contributed by atoms with E-state index in [1.165, 1.54) is 0 Å². The first-order valence-electron chi connectivity index (χ1n) is 2.14. The molecule has 0 aliphatic carbocycles. The van der Waals surface area contributed by atoms with Crippen molar-refractivity contribution in [2.24, 2.45) is 5.73 Å². The summed E-state index contributed by atoms with van der Waals surface area (Å²) in [5.41, 5.74) is 3.83. The largest absolute Gasteiger partial charge is 1.00 e. The minimum Gasteiger partial charge on any atom is -0.364 e. The fraction of sp³-hybridized carbons (Fsp3) is 0. The van der Waals surface area contributed by atoms with E-state index in [0.29, 0.717) is 0 Å². The van der Waals surface area contributed by atoms with Crippen molar-refractivity contribution in [2.75, 3.05) is 0 Å². The molecule has 6 nitrogen and oxygen atoms in total. The van der Waals surface area contributed by atoms with Gasteiger partial charge in [0.05, 0.1) is 0 Å². The Morgan fingerprint density at radius 2 is 2.20 bits per heavy atom. The molecule has 0 unspecified atom stereocenters. The summed E-state index contributed by atoms with van der Waals surface area (Å²) < 4.78 is 0. The quantitative estimate of drug-likeness (QED) is 0.351. The van der Waals surface area contributed by atoms with E-state index in [0.717, 1.165) is 0 Å². The van der Waals surface area contributed by atoms with Gasteiger partial charge in [-0.1, -0.05) is 0 Å². The molecule has 1 heterocycles. The normalized spacial score (nSPS) is 8.40. The first kappa shape index (κ1) is 9.41. The van der Waals surface area contributed by atoms with E-state index in [2.05, 4.69) is 15.4 Å². The van der Waals surface area contributed by atoms with Gasteiger partial charge in [-0.15, -0.1) is 5.10 Å². The summed E-state index contributed by atoms with van der Waals surface area (Å²) in [5.74, 6) is -0.836. The molecule has 1 aromatic heterocycles. The number of aromatic nitrogens is 3. The van der Waals surface area contributed by atoms with Crippen molar-refractivity contribution < 1.29 is 34.4 Å². The van der Waals surface area contributed by atoms with Gasteiger partial charge >= 0.3 is 29.6 Å². The van der Waals surface area contributed by atoms with Gasteiger partial charge in [0.2, 0.25) is 5.69 Å². The van der Waals surface area contributed by atoms with Crippen LogP contribution in [0.2, 0.25) is 0 Å². The zero-order chi connectivity index (χ0) is 6.85. The number of nitrogens with two attached hydrogens (primary N) is 1. The number of nitrogens with one attached hydrogen (secondary N) is 2. The topological polar surface area (TPSA) is 105 Å². The van der Waals surface area contributed by atoms with Crippen LogP contribution in [-0.2, 0) is 0 Å². The Hall–Kier alpha value is -0.590. The standard InChI is InChI=1S/C3H4N4O2.Na/c4-2(8)1-3(9)6-7-5-1;/h(H2,4,8)(H2,5,6,7,9);/q;+1. The molecule has 7 heteroatoms. The number of nitrogens with zero attached hydrogens (tertiary/aromatic N) is 1. The average Bonchev–Trinajstić information content (AvgIpc) is 2.13. The second-order valence-electron chi connectivity index (χ2n) is 1.39. The number of carbonyl (C=O) groups excluding carboxylic acids is 1. The number of hydrogen-bond acceptors (Lipinski definition) is 3. The molecular weight excluding hydrogens is 147 g/mol. The van der Waals surface area contributed by atoms with Crippen LogP contribution in [0.4, 0.5) is 0 Å². The van der Waals surface area contributed by atoms with Crippen LogP contribution in [0.25, 0.3) is 0 Å². The van der Waals surface area contributed by atoms with Crippen LogP contribution in [-0.4, -0.2) is 21.3 Å². The molecule has 0 fully saturated rings. The predicted octanol–water partition coefficient (Wildman–Crippen LogP) is -4.80. The van der Waals surface area contributed by atoms with E-state index in [9.17, 15) is 9.59 Å². The predicted molar refractivity (Wildman–Crippen MR) is 27.7 cm³/mol. The van der Waals surface area contributed by atoms with Crippen molar-refractivity contribution in [3.8, 4) is 0 Å². The molecule has 10 heavy (non-hydrogen) atoms. The third-order valence-corrected chi connectivity index (χ3v) is 0.786. The van der Waals surface area contributed by atoms with Gasteiger partial charge < -0.3 is 5.73 Å². The third kappa shape index (κ3) is 1.69. The first-order valence-corrected chi connectivity index (χ1v) is 2.14. The Balaban J connectivity index is 0.000000810. The number of carbonyl (C=O) groups is 1. The van der Waals surface area contributed by atoms with Crippen LogP contribution >= 0.6 is 0 Å². The van der Waals surface area contributed by atoms with Gasteiger partial charge in [0, 0.05) is 0 Å². The van der Waals surface area contributed by atoms with Crippen LogP contribution in [0.5, 0.6) is 0 Å². The maximum atomic E-state index is 10.4. The molecule has 1 amide bonds. The van der Waals surface area contributed by atoms with Gasteiger partial charge in [0.25, 0.3) is 11.5 Å². The molecule has 0 aliphatic heterocycles. The van der Waals surface area contributed by atoms with E-state index < -0.39 is 11.5 Å². The van der Waals surface area contributed by atoms with Crippen molar-refractivity contribution in [1.29, 1.82) is 0 Å². The Morgan fingerprint density at radius 1 is 1.60 bits per heavy atom. The van der Waals surface area contributed by atoms with E-state index >= 15 is 0 Å². The summed E-state index contributed by atoms with van der Waals surface area (Å²) >= 11 is 0. The zero-order valence-electron chi connectivity index (χ0n) is 5.34. The van der Waals surface area contributed by atoms with Gasteiger partial charge in [-0.3, -0.25) is 9.59 Å². The number of aromatic amines is 2. The second kappa shape index (κ2) is 3.55. The summed E-state index contributed by atoms with van der Waals surface area (Å²) in [5, 5.41) is 7.40. The summed E-state index contributed by atoms with van der Waals surface area (Å²) in [4.78, 5) is 20.6. The smallest absolute Gasteiger partial charge is 0.364 e. The van der Waals surface area contributed by atoms with Crippen LogP contribution < -0.4 is 40.9 Å². The van der Waals surface area contributed by atoms with E-state index in [1.807, 2.05) is 0 Å². The minimum absolute atomic E-state index is 0. The summed E-state index contributed by atoms with van der Waals surface area (Å²) in [7, 11) is 0. The maximum Gasteiger partial charge on any atom is 1.00 e. The monoisotopic (exact) mass is 151 g/mol. The number of H-pyrrole nitrogens is 2. The Labute approximate surface area is 77.5 Å². The number of hydrogen-bond donors (Lipinski definition) is 3. The Morgan fingerprint density at radius 3 is 2.40 bits per heavy atom. The number of amides is 1. The molecule has 0 aromatic carbocycles. The summed E-state index contributed by atoms with van der Waals surface area (Å²) in [6.07, 6.45) is 0. The molecule has 0 aliphatic rings. The first-order chi connectivity index (χ1) is 4.22. The molecule has 4 N–H and O–H groups in total. The second-order valence-corrected chi connectivity index (χ2v) is 1.39. The van der Waals surface area contributed by atoms with E-state index in [4.69, 9.17) is 5.73 Å². The molecule has 0 saturated heterocycles. The van der Waals surface area contributed by atoms with Crippen molar-refractivity contribution in [3.63, 3.8) is 0 Å². The Kier molecular flexibility index (Phi) is 3.34. The molecule has 0 atom stereocenters. The minimum atomic E-state index is -0.836. The van der Waals surface area contributed by atoms with Gasteiger partial charge in [-0.2, -0.15) is 0 Å². The van der Waals surface area contributed by atoms with Crippen molar-refractivity contribution >= 4 is 5.91 Å². The SMILES string of the molecule is NC(=O)c1n[nH][nH]c1=O.[Na+]. The van der Waals surface area contributed by atoms with Crippen LogP contribution in [0.15, 0.2) is 4.79 Å². The molecule has 0 saturated carbocycles. The summed E-state index contributed by atoms with van der Waals surface area (Å²) in [6.45, 7) is 0. The maximum absolute atomic E-state index is 10.4. The average molecular weight is 151 g/mol. The van der Waals surface area contributed by atoms with Crippen LogP contribution in [0, 0.1) is 0 Å². The molecule has 0 radical (unpaired) electrons. The fourth-order valence-electron chi connectivity index (χ4n) is 0.412. The van der Waals surface area contributed by atoms with Crippen LogP contribution in [0.3, 0.4) is 0 Å². The number of primary amides is 1. The van der Waals surface area contributed by atoms with Gasteiger partial charge in [0.1, 0.15) is 0 Å².